The minimum absolute atomic E-state index is 0.0872. The molecule has 1 aromatic carbocycles. The Bertz CT molecular complexity index is 459. The first-order chi connectivity index (χ1) is 8.13. The quantitative estimate of drug-likeness (QED) is 0.456. The first kappa shape index (κ1) is 11.6. The number of hydrogen-bond donors (Lipinski definition) is 0. The predicted molar refractivity (Wildman–Crippen MR) is 64.3 cm³/mol. The molecule has 1 atom stereocenters. The Morgan fingerprint density at radius 3 is 2.88 bits per heavy atom. The maximum atomic E-state index is 10.9. The summed E-state index contributed by atoms with van der Waals surface area (Å²) in [6.07, 6.45) is 2.79. The number of nitro groups is 1. The number of carbonyl (C=O) groups is 1. The molecule has 0 N–H and O–H groups in total. The Morgan fingerprint density at radius 1 is 1.53 bits per heavy atom. The maximum Gasteiger partial charge on any atom is 0.272 e. The van der Waals surface area contributed by atoms with Gasteiger partial charge in [-0.1, -0.05) is 0 Å². The molecular formula is C12H14N2O3. The number of nitro benzene ring substituents is 1. The SMILES string of the molecule is Cc1cc(N2CCC[C@@H]2C=O)ccc1[N+](=O)[O-]. The summed E-state index contributed by atoms with van der Waals surface area (Å²) < 4.78 is 0. The van der Waals surface area contributed by atoms with Crippen molar-refractivity contribution in [3.8, 4) is 0 Å². The van der Waals surface area contributed by atoms with E-state index in [1.54, 1.807) is 19.1 Å². The molecule has 1 aromatic rings. The Hall–Kier alpha value is -1.91. The molecule has 1 heterocycles. The van der Waals surface area contributed by atoms with Crippen molar-refractivity contribution >= 4 is 17.7 Å². The summed E-state index contributed by atoms with van der Waals surface area (Å²) in [5, 5.41) is 10.7. The lowest BCUT2D eigenvalue weighted by Crippen LogP contribution is -2.30. The van der Waals surface area contributed by atoms with Gasteiger partial charge < -0.3 is 9.69 Å². The van der Waals surface area contributed by atoms with E-state index in [0.717, 1.165) is 31.4 Å². The number of rotatable bonds is 3. The van der Waals surface area contributed by atoms with Gasteiger partial charge in [-0.15, -0.1) is 0 Å². The Labute approximate surface area is 99.2 Å². The third-order valence-electron chi connectivity index (χ3n) is 3.17. The van der Waals surface area contributed by atoms with Crippen LogP contribution in [0.5, 0.6) is 0 Å². The molecule has 5 heteroatoms. The summed E-state index contributed by atoms with van der Waals surface area (Å²) in [5.74, 6) is 0. The zero-order chi connectivity index (χ0) is 12.4. The molecule has 1 aliphatic heterocycles. The van der Waals surface area contributed by atoms with Crippen molar-refractivity contribution in [1.29, 1.82) is 0 Å². The summed E-state index contributed by atoms with van der Waals surface area (Å²) in [7, 11) is 0. The first-order valence-electron chi connectivity index (χ1n) is 5.60. The number of benzene rings is 1. The zero-order valence-electron chi connectivity index (χ0n) is 9.63. The van der Waals surface area contributed by atoms with Crippen molar-refractivity contribution in [2.45, 2.75) is 25.8 Å². The van der Waals surface area contributed by atoms with Crippen LogP contribution in [0.1, 0.15) is 18.4 Å². The molecule has 0 bridgehead atoms. The van der Waals surface area contributed by atoms with Crippen molar-refractivity contribution in [2.75, 3.05) is 11.4 Å². The molecule has 0 unspecified atom stereocenters. The van der Waals surface area contributed by atoms with Crippen LogP contribution in [0.3, 0.4) is 0 Å². The standard InChI is InChI=1S/C12H14N2O3/c1-9-7-10(4-5-12(9)14(16)17)13-6-2-3-11(13)8-15/h4-5,7-8,11H,2-3,6H2,1H3/t11-/m1/s1. The lowest BCUT2D eigenvalue weighted by atomic mass is 10.1. The van der Waals surface area contributed by atoms with E-state index < -0.39 is 0 Å². The van der Waals surface area contributed by atoms with E-state index in [0.29, 0.717) is 5.56 Å². The Morgan fingerprint density at radius 2 is 2.29 bits per heavy atom. The van der Waals surface area contributed by atoms with Gasteiger partial charge in [0, 0.05) is 23.9 Å². The van der Waals surface area contributed by atoms with Crippen LogP contribution in [0.15, 0.2) is 18.2 Å². The molecule has 0 aromatic heterocycles. The Kier molecular flexibility index (Phi) is 3.08. The summed E-state index contributed by atoms with van der Waals surface area (Å²) in [6, 6.07) is 4.91. The van der Waals surface area contributed by atoms with Crippen LogP contribution >= 0.6 is 0 Å². The van der Waals surface area contributed by atoms with Gasteiger partial charge in [-0.25, -0.2) is 0 Å². The lowest BCUT2D eigenvalue weighted by Gasteiger charge is -2.22. The molecule has 90 valence electrons. The highest BCUT2D eigenvalue weighted by Gasteiger charge is 2.25. The van der Waals surface area contributed by atoms with E-state index >= 15 is 0 Å². The highest BCUT2D eigenvalue weighted by molar-refractivity contribution is 5.68. The van der Waals surface area contributed by atoms with E-state index in [2.05, 4.69) is 0 Å². The van der Waals surface area contributed by atoms with E-state index in [9.17, 15) is 14.9 Å². The number of anilines is 1. The van der Waals surface area contributed by atoms with E-state index in [1.807, 2.05) is 4.90 Å². The van der Waals surface area contributed by atoms with Crippen LogP contribution in [-0.2, 0) is 4.79 Å². The molecule has 0 saturated carbocycles. The summed E-state index contributed by atoms with van der Waals surface area (Å²) in [5.41, 5.74) is 1.64. The van der Waals surface area contributed by atoms with Crippen LogP contribution in [0, 0.1) is 17.0 Å². The predicted octanol–water partition coefficient (Wildman–Crippen LogP) is 2.07. The average Bonchev–Trinajstić information content (AvgIpc) is 2.76. The molecular weight excluding hydrogens is 220 g/mol. The van der Waals surface area contributed by atoms with Gasteiger partial charge in [-0.2, -0.15) is 0 Å². The second-order valence-corrected chi connectivity index (χ2v) is 4.27. The second kappa shape index (κ2) is 4.53. The fourth-order valence-electron chi connectivity index (χ4n) is 2.28. The van der Waals surface area contributed by atoms with Gasteiger partial charge in [0.05, 0.1) is 11.0 Å². The summed E-state index contributed by atoms with van der Waals surface area (Å²) in [4.78, 5) is 23.2. The third-order valence-corrected chi connectivity index (χ3v) is 3.17. The van der Waals surface area contributed by atoms with Crippen LogP contribution in [0.25, 0.3) is 0 Å². The largest absolute Gasteiger partial charge is 0.362 e. The van der Waals surface area contributed by atoms with Gasteiger partial charge in [0.1, 0.15) is 6.29 Å². The first-order valence-corrected chi connectivity index (χ1v) is 5.60. The van der Waals surface area contributed by atoms with Gasteiger partial charge in [0.2, 0.25) is 0 Å². The molecule has 2 rings (SSSR count). The number of aryl methyl sites for hydroxylation is 1. The molecule has 1 saturated heterocycles. The minimum Gasteiger partial charge on any atom is -0.362 e. The highest BCUT2D eigenvalue weighted by atomic mass is 16.6. The van der Waals surface area contributed by atoms with Crippen molar-refractivity contribution in [3.05, 3.63) is 33.9 Å². The smallest absolute Gasteiger partial charge is 0.272 e. The highest BCUT2D eigenvalue weighted by Crippen LogP contribution is 2.28. The fourth-order valence-corrected chi connectivity index (χ4v) is 2.28. The summed E-state index contributed by atoms with van der Waals surface area (Å²) in [6.45, 7) is 2.55. The molecule has 0 radical (unpaired) electrons. The lowest BCUT2D eigenvalue weighted by molar-refractivity contribution is -0.385. The van der Waals surface area contributed by atoms with Gasteiger partial charge in [0.15, 0.2) is 0 Å². The van der Waals surface area contributed by atoms with Gasteiger partial charge in [-0.05, 0) is 31.9 Å². The van der Waals surface area contributed by atoms with Crippen molar-refractivity contribution in [2.24, 2.45) is 0 Å². The average molecular weight is 234 g/mol. The van der Waals surface area contributed by atoms with Gasteiger partial charge >= 0.3 is 0 Å². The number of aldehydes is 1. The maximum absolute atomic E-state index is 10.9. The van der Waals surface area contributed by atoms with Crippen LogP contribution in [0.4, 0.5) is 11.4 Å². The van der Waals surface area contributed by atoms with E-state index in [4.69, 9.17) is 0 Å². The third kappa shape index (κ3) is 2.13. The number of nitrogens with zero attached hydrogens (tertiary/aromatic N) is 2. The Balaban J connectivity index is 2.31. The van der Waals surface area contributed by atoms with E-state index in [1.165, 1.54) is 6.07 Å². The van der Waals surface area contributed by atoms with Crippen LogP contribution in [0.2, 0.25) is 0 Å². The van der Waals surface area contributed by atoms with Crippen LogP contribution in [-0.4, -0.2) is 23.8 Å². The molecule has 0 spiro atoms. The number of carbonyl (C=O) groups excluding carboxylic acids is 1. The molecule has 5 nitrogen and oxygen atoms in total. The molecule has 1 aliphatic rings. The monoisotopic (exact) mass is 234 g/mol. The molecule has 0 amide bonds. The zero-order valence-corrected chi connectivity index (χ0v) is 9.63. The number of hydrogen-bond acceptors (Lipinski definition) is 4. The van der Waals surface area contributed by atoms with E-state index in [-0.39, 0.29) is 16.7 Å². The normalized spacial score (nSPS) is 19.4. The van der Waals surface area contributed by atoms with Crippen molar-refractivity contribution in [1.82, 2.24) is 0 Å². The fraction of sp³-hybridized carbons (Fsp3) is 0.417. The topological polar surface area (TPSA) is 63.5 Å². The minimum atomic E-state index is -0.389. The molecule has 1 fully saturated rings. The van der Waals surface area contributed by atoms with Crippen LogP contribution < -0.4 is 4.90 Å². The van der Waals surface area contributed by atoms with Crippen molar-refractivity contribution in [3.63, 3.8) is 0 Å². The van der Waals surface area contributed by atoms with Crippen molar-refractivity contribution < 1.29 is 9.72 Å². The molecule has 0 aliphatic carbocycles. The summed E-state index contributed by atoms with van der Waals surface area (Å²) >= 11 is 0. The molecule has 17 heavy (non-hydrogen) atoms. The van der Waals surface area contributed by atoms with Gasteiger partial charge in [0.25, 0.3) is 5.69 Å². The van der Waals surface area contributed by atoms with Gasteiger partial charge in [-0.3, -0.25) is 10.1 Å². The second-order valence-electron chi connectivity index (χ2n) is 4.27.